The third kappa shape index (κ3) is 4.38. The lowest BCUT2D eigenvalue weighted by Gasteiger charge is -2.31. The monoisotopic (exact) mass is 473 g/mol. The van der Waals surface area contributed by atoms with Crippen LogP contribution in [-0.2, 0) is 4.79 Å². The lowest BCUT2D eigenvalue weighted by Crippen LogP contribution is -2.69. The van der Waals surface area contributed by atoms with Crippen LogP contribution in [0.1, 0.15) is 48.9 Å². The van der Waals surface area contributed by atoms with Crippen LogP contribution in [0.5, 0.6) is 17.2 Å². The SMILES string of the molecule is COc1cc(C(=O)NC2(C(F)(F)F)NC(=O)N(C3CCCCCC3)C2=O)cc(OC)c1OC. The average Bonchev–Trinajstić information content (AvgIpc) is 2.94. The van der Waals surface area contributed by atoms with E-state index in [0.29, 0.717) is 30.6 Å². The smallest absolute Gasteiger partial charge is 0.440 e. The largest absolute Gasteiger partial charge is 0.493 e. The Morgan fingerprint density at radius 3 is 2.03 bits per heavy atom. The van der Waals surface area contributed by atoms with Crippen LogP contribution < -0.4 is 24.8 Å². The number of halogens is 3. The zero-order valence-corrected chi connectivity index (χ0v) is 18.5. The molecule has 2 N–H and O–H groups in total. The van der Waals surface area contributed by atoms with Gasteiger partial charge >= 0.3 is 12.2 Å². The Hall–Kier alpha value is -3.18. The fourth-order valence-electron chi connectivity index (χ4n) is 4.20. The topological polar surface area (TPSA) is 106 Å². The molecule has 1 aromatic carbocycles. The van der Waals surface area contributed by atoms with Gasteiger partial charge in [0.25, 0.3) is 17.5 Å². The summed E-state index contributed by atoms with van der Waals surface area (Å²) in [7, 11) is 3.89. The van der Waals surface area contributed by atoms with Gasteiger partial charge in [-0.3, -0.25) is 19.8 Å². The van der Waals surface area contributed by atoms with Crippen LogP contribution in [0.25, 0.3) is 0 Å². The number of benzene rings is 1. The van der Waals surface area contributed by atoms with E-state index >= 15 is 0 Å². The molecule has 1 heterocycles. The fourth-order valence-corrected chi connectivity index (χ4v) is 4.20. The van der Waals surface area contributed by atoms with Gasteiger partial charge in [0.2, 0.25) is 5.75 Å². The molecule has 182 valence electrons. The van der Waals surface area contributed by atoms with Crippen molar-refractivity contribution in [2.45, 2.75) is 56.4 Å². The number of nitrogens with zero attached hydrogens (tertiary/aromatic N) is 1. The molecule has 0 bridgehead atoms. The lowest BCUT2D eigenvalue weighted by atomic mass is 10.0. The van der Waals surface area contributed by atoms with Gasteiger partial charge in [-0.1, -0.05) is 25.7 Å². The molecular formula is C21H26F3N3O6. The van der Waals surface area contributed by atoms with Gasteiger partial charge in [-0.15, -0.1) is 0 Å². The van der Waals surface area contributed by atoms with E-state index in [1.54, 1.807) is 10.6 Å². The summed E-state index contributed by atoms with van der Waals surface area (Å²) in [6, 6.07) is 0.438. The number of hydrogen-bond donors (Lipinski definition) is 2. The van der Waals surface area contributed by atoms with E-state index in [1.165, 1.54) is 21.3 Å². The molecule has 0 radical (unpaired) electrons. The first-order valence-electron chi connectivity index (χ1n) is 10.4. The van der Waals surface area contributed by atoms with Gasteiger partial charge in [0.15, 0.2) is 11.5 Å². The maximum atomic E-state index is 14.2. The second-order valence-corrected chi connectivity index (χ2v) is 7.87. The Kier molecular flexibility index (Phi) is 6.94. The Morgan fingerprint density at radius 2 is 1.58 bits per heavy atom. The Bertz CT molecular complexity index is 905. The minimum Gasteiger partial charge on any atom is -0.493 e. The van der Waals surface area contributed by atoms with Crippen molar-refractivity contribution in [1.29, 1.82) is 0 Å². The molecule has 1 aliphatic heterocycles. The number of hydrogen-bond acceptors (Lipinski definition) is 6. The van der Waals surface area contributed by atoms with Crippen LogP contribution in [0.2, 0.25) is 0 Å². The molecule has 1 atom stereocenters. The summed E-state index contributed by atoms with van der Waals surface area (Å²) in [4.78, 5) is 39.1. The standard InChI is InChI=1S/C21H26F3N3O6/c1-31-14-10-12(11-15(32-2)16(14)33-3)17(28)25-20(21(22,23)24)18(29)27(19(30)26-20)13-8-6-4-5-7-9-13/h10-11,13H,4-9H2,1-3H3,(H,25,28)(H,26,30). The van der Waals surface area contributed by atoms with Crippen LogP contribution in [0.3, 0.4) is 0 Å². The van der Waals surface area contributed by atoms with Gasteiger partial charge < -0.3 is 19.5 Å². The third-order valence-corrected chi connectivity index (χ3v) is 5.90. The van der Waals surface area contributed by atoms with Crippen molar-refractivity contribution in [2.75, 3.05) is 21.3 Å². The molecule has 0 spiro atoms. The number of carbonyl (C=O) groups excluding carboxylic acids is 3. The van der Waals surface area contributed by atoms with E-state index in [1.807, 2.05) is 0 Å². The fraction of sp³-hybridized carbons (Fsp3) is 0.571. The highest BCUT2D eigenvalue weighted by Crippen LogP contribution is 2.40. The van der Waals surface area contributed by atoms with Crippen LogP contribution in [-0.4, -0.2) is 62.0 Å². The zero-order valence-electron chi connectivity index (χ0n) is 18.5. The molecule has 2 fully saturated rings. The quantitative estimate of drug-likeness (QED) is 0.486. The highest BCUT2D eigenvalue weighted by molar-refractivity contribution is 6.10. The van der Waals surface area contributed by atoms with Crippen molar-refractivity contribution in [3.05, 3.63) is 17.7 Å². The molecule has 2 aliphatic rings. The Balaban J connectivity index is 1.97. The molecule has 12 heteroatoms. The molecule has 1 saturated heterocycles. The number of nitrogens with one attached hydrogen (secondary N) is 2. The van der Waals surface area contributed by atoms with Crippen molar-refractivity contribution in [3.63, 3.8) is 0 Å². The summed E-state index contributed by atoms with van der Waals surface area (Å²) in [5.41, 5.74) is -3.88. The number of amides is 4. The number of rotatable bonds is 6. The summed E-state index contributed by atoms with van der Waals surface area (Å²) < 4.78 is 58.0. The Morgan fingerprint density at radius 1 is 1.03 bits per heavy atom. The Labute approximate surface area is 188 Å². The van der Waals surface area contributed by atoms with Crippen molar-refractivity contribution < 1.29 is 41.8 Å². The molecule has 1 aliphatic carbocycles. The molecule has 1 saturated carbocycles. The van der Waals surface area contributed by atoms with Crippen LogP contribution in [0, 0.1) is 0 Å². The number of urea groups is 1. The highest BCUT2D eigenvalue weighted by atomic mass is 19.4. The normalized spacial score (nSPS) is 21.9. The van der Waals surface area contributed by atoms with E-state index in [4.69, 9.17) is 14.2 Å². The number of alkyl halides is 3. The minimum absolute atomic E-state index is 0.0323. The average molecular weight is 473 g/mol. The molecule has 33 heavy (non-hydrogen) atoms. The highest BCUT2D eigenvalue weighted by Gasteiger charge is 2.69. The second kappa shape index (κ2) is 9.36. The van der Waals surface area contributed by atoms with E-state index in [-0.39, 0.29) is 22.8 Å². The molecular weight excluding hydrogens is 447 g/mol. The first-order valence-corrected chi connectivity index (χ1v) is 10.4. The van der Waals surface area contributed by atoms with Gasteiger partial charge in [0, 0.05) is 11.6 Å². The van der Waals surface area contributed by atoms with Gasteiger partial charge in [-0.05, 0) is 25.0 Å². The molecule has 3 rings (SSSR count). The predicted molar refractivity (Wildman–Crippen MR) is 109 cm³/mol. The summed E-state index contributed by atoms with van der Waals surface area (Å²) in [6.07, 6.45) is -1.33. The van der Waals surface area contributed by atoms with Gasteiger partial charge in [0.05, 0.1) is 21.3 Å². The zero-order chi connectivity index (χ0) is 24.4. The number of imide groups is 1. The van der Waals surface area contributed by atoms with Crippen molar-refractivity contribution >= 4 is 17.8 Å². The van der Waals surface area contributed by atoms with Crippen molar-refractivity contribution in [3.8, 4) is 17.2 Å². The number of carbonyl (C=O) groups is 3. The molecule has 0 aromatic heterocycles. The van der Waals surface area contributed by atoms with Gasteiger partial charge in [-0.25, -0.2) is 4.79 Å². The molecule has 4 amide bonds. The molecule has 9 nitrogen and oxygen atoms in total. The van der Waals surface area contributed by atoms with Crippen molar-refractivity contribution in [2.24, 2.45) is 0 Å². The van der Waals surface area contributed by atoms with Crippen LogP contribution in [0.4, 0.5) is 18.0 Å². The maximum absolute atomic E-state index is 14.2. The minimum atomic E-state index is -5.30. The summed E-state index contributed by atoms with van der Waals surface area (Å²) in [5.74, 6) is -2.61. The van der Waals surface area contributed by atoms with Gasteiger partial charge in [-0.2, -0.15) is 13.2 Å². The first kappa shape index (κ1) is 24.5. The molecule has 1 unspecified atom stereocenters. The number of methoxy groups -OCH3 is 3. The lowest BCUT2D eigenvalue weighted by molar-refractivity contribution is -0.200. The van der Waals surface area contributed by atoms with E-state index in [2.05, 4.69) is 0 Å². The van der Waals surface area contributed by atoms with E-state index in [9.17, 15) is 27.6 Å². The number of ether oxygens (including phenoxy) is 3. The maximum Gasteiger partial charge on any atom is 0.440 e. The van der Waals surface area contributed by atoms with Crippen molar-refractivity contribution in [1.82, 2.24) is 15.5 Å². The van der Waals surface area contributed by atoms with E-state index in [0.717, 1.165) is 25.0 Å². The second-order valence-electron chi connectivity index (χ2n) is 7.87. The van der Waals surface area contributed by atoms with E-state index < -0.39 is 35.7 Å². The summed E-state index contributed by atoms with van der Waals surface area (Å²) in [5, 5.41) is 3.41. The predicted octanol–water partition coefficient (Wildman–Crippen LogP) is 2.98. The molecule has 1 aromatic rings. The first-order chi connectivity index (χ1) is 15.6. The van der Waals surface area contributed by atoms with Gasteiger partial charge in [0.1, 0.15) is 0 Å². The van der Waals surface area contributed by atoms with Crippen LogP contribution in [0.15, 0.2) is 12.1 Å². The summed E-state index contributed by atoms with van der Waals surface area (Å²) >= 11 is 0. The third-order valence-electron chi connectivity index (χ3n) is 5.90. The summed E-state index contributed by atoms with van der Waals surface area (Å²) in [6.45, 7) is 0. The van der Waals surface area contributed by atoms with Crippen LogP contribution >= 0.6 is 0 Å².